The topological polar surface area (TPSA) is 145 Å². The average Bonchev–Trinajstić information content (AvgIpc) is 3.76. The lowest BCUT2D eigenvalue weighted by atomic mass is 9.96. The third-order valence-corrected chi connectivity index (χ3v) is 12.7. The van der Waals surface area contributed by atoms with Crippen molar-refractivity contribution in [3.8, 4) is 5.00 Å². The number of rotatable bonds is 9. The molecule has 13 nitrogen and oxygen atoms in total. The average molecular weight is 770 g/mol. The minimum absolute atomic E-state index is 0.0439. The first-order valence-electron chi connectivity index (χ1n) is 18.6. The van der Waals surface area contributed by atoms with E-state index in [1.54, 1.807) is 16.2 Å². The fourth-order valence-corrected chi connectivity index (χ4v) is 9.56. The molecule has 2 fully saturated rings. The van der Waals surface area contributed by atoms with Gasteiger partial charge >= 0.3 is 0 Å². The maximum atomic E-state index is 13.5. The standard InChI is InChI=1S/C39H44ClN9O4S/c1-22-23(2)54-39-34(22)35(26-5-7-28(40)8-6-26)42-30(36-45-44-24(3)49(36)39)19-33(51)41-12-13-46-14-16-47(17-15-46)20-25-4-9-29-27(18-25)21-48(38(29)53)31-10-11-32(50)43-37(31)52/h4-9,18,30-31,35,42H,10-17,19-21H2,1-3H3,(H,41,51)(H,43,50,52)/t30?,31?,35-/m0/s1. The summed E-state index contributed by atoms with van der Waals surface area (Å²) in [5.41, 5.74) is 6.15. The number of imide groups is 1. The van der Waals surface area contributed by atoms with E-state index in [-0.39, 0.29) is 42.6 Å². The first-order chi connectivity index (χ1) is 26.0. The molecule has 3 N–H and O–H groups in total. The fourth-order valence-electron chi connectivity index (χ4n) is 8.18. The van der Waals surface area contributed by atoms with Crippen molar-refractivity contribution in [3.05, 3.63) is 97.4 Å². The number of hydrogen-bond donors (Lipinski definition) is 3. The van der Waals surface area contributed by atoms with Gasteiger partial charge in [0.15, 0.2) is 5.82 Å². The Morgan fingerprint density at radius 1 is 1.00 bits per heavy atom. The van der Waals surface area contributed by atoms with Gasteiger partial charge in [0.1, 0.15) is 16.9 Å². The highest BCUT2D eigenvalue weighted by atomic mass is 35.5. The van der Waals surface area contributed by atoms with E-state index in [0.717, 1.165) is 72.6 Å². The minimum Gasteiger partial charge on any atom is -0.355 e. The van der Waals surface area contributed by atoms with E-state index in [1.807, 2.05) is 43.3 Å². The van der Waals surface area contributed by atoms with Gasteiger partial charge in [0.2, 0.25) is 17.7 Å². The van der Waals surface area contributed by atoms with Gasteiger partial charge in [-0.2, -0.15) is 0 Å². The maximum absolute atomic E-state index is 13.5. The number of halogens is 1. The smallest absolute Gasteiger partial charge is 0.255 e. The van der Waals surface area contributed by atoms with Crippen LogP contribution in [0.5, 0.6) is 0 Å². The summed E-state index contributed by atoms with van der Waals surface area (Å²) in [6, 6.07) is 12.7. The number of piperazine rings is 1. The molecule has 4 aliphatic rings. The molecule has 0 spiro atoms. The first-order valence-corrected chi connectivity index (χ1v) is 19.7. The zero-order chi connectivity index (χ0) is 37.7. The third kappa shape index (κ3) is 7.08. The van der Waals surface area contributed by atoms with Crippen LogP contribution in [-0.4, -0.2) is 98.4 Å². The highest BCUT2D eigenvalue weighted by Crippen LogP contribution is 2.43. The van der Waals surface area contributed by atoms with Gasteiger partial charge in [0.05, 0.1) is 12.1 Å². The van der Waals surface area contributed by atoms with Gasteiger partial charge in [-0.15, -0.1) is 21.5 Å². The molecule has 0 bridgehead atoms. The maximum Gasteiger partial charge on any atom is 0.255 e. The number of thiophene rings is 1. The molecule has 15 heteroatoms. The van der Waals surface area contributed by atoms with Crippen LogP contribution in [-0.2, 0) is 27.5 Å². The largest absolute Gasteiger partial charge is 0.355 e. The second-order valence-electron chi connectivity index (χ2n) is 14.7. The van der Waals surface area contributed by atoms with Gasteiger partial charge < -0.3 is 10.2 Å². The number of benzene rings is 2. The lowest BCUT2D eigenvalue weighted by Gasteiger charge is -2.34. The number of nitrogens with zero attached hydrogens (tertiary/aromatic N) is 6. The normalized spacial score (nSPS) is 21.7. The van der Waals surface area contributed by atoms with Gasteiger partial charge in [-0.25, -0.2) is 0 Å². The van der Waals surface area contributed by atoms with Gasteiger partial charge in [-0.3, -0.25) is 44.2 Å². The monoisotopic (exact) mass is 769 g/mol. The molecule has 282 valence electrons. The van der Waals surface area contributed by atoms with Crippen LogP contribution >= 0.6 is 22.9 Å². The van der Waals surface area contributed by atoms with Crippen molar-refractivity contribution in [1.29, 1.82) is 0 Å². The molecule has 2 aromatic carbocycles. The lowest BCUT2D eigenvalue weighted by molar-refractivity contribution is -0.137. The molecule has 4 amide bonds. The highest BCUT2D eigenvalue weighted by molar-refractivity contribution is 7.14. The van der Waals surface area contributed by atoms with Crippen molar-refractivity contribution < 1.29 is 19.2 Å². The summed E-state index contributed by atoms with van der Waals surface area (Å²) in [4.78, 5) is 58.2. The fraction of sp³-hybridized carbons (Fsp3) is 0.436. The van der Waals surface area contributed by atoms with Crippen LogP contribution < -0.4 is 16.0 Å². The predicted molar refractivity (Wildman–Crippen MR) is 204 cm³/mol. The van der Waals surface area contributed by atoms with Crippen molar-refractivity contribution in [3.63, 3.8) is 0 Å². The second kappa shape index (κ2) is 15.0. The van der Waals surface area contributed by atoms with Crippen LogP contribution in [0.2, 0.25) is 5.02 Å². The quantitative estimate of drug-likeness (QED) is 0.217. The minimum atomic E-state index is -0.612. The Balaban J connectivity index is 0.842. The Hall–Kier alpha value is -4.47. The molecule has 0 aliphatic carbocycles. The Kier molecular flexibility index (Phi) is 10.1. The van der Waals surface area contributed by atoms with E-state index in [1.165, 1.54) is 16.0 Å². The summed E-state index contributed by atoms with van der Waals surface area (Å²) >= 11 is 7.99. The Labute approximate surface area is 323 Å². The molecule has 3 atom stereocenters. The van der Waals surface area contributed by atoms with Gasteiger partial charge in [-0.05, 0) is 67.6 Å². The zero-order valence-electron chi connectivity index (χ0n) is 30.7. The van der Waals surface area contributed by atoms with Crippen LogP contribution in [0.15, 0.2) is 42.5 Å². The molecule has 0 saturated carbocycles. The number of piperidine rings is 1. The molecule has 4 aliphatic heterocycles. The van der Waals surface area contributed by atoms with Gasteiger partial charge in [0.25, 0.3) is 5.91 Å². The summed E-state index contributed by atoms with van der Waals surface area (Å²) in [5.74, 6) is 0.646. The summed E-state index contributed by atoms with van der Waals surface area (Å²) in [7, 11) is 0. The molecule has 2 unspecified atom stereocenters. The van der Waals surface area contributed by atoms with Crippen molar-refractivity contribution in [2.75, 3.05) is 39.3 Å². The molecule has 54 heavy (non-hydrogen) atoms. The molecule has 4 aromatic rings. The van der Waals surface area contributed by atoms with Crippen molar-refractivity contribution in [1.82, 2.24) is 45.4 Å². The number of amides is 4. The van der Waals surface area contributed by atoms with Gasteiger partial charge in [0, 0.05) is 86.2 Å². The number of nitrogens with one attached hydrogen (secondary N) is 3. The molecular formula is C39H44ClN9O4S. The van der Waals surface area contributed by atoms with Crippen molar-refractivity contribution >= 4 is 46.6 Å². The number of fused-ring (bicyclic) bond motifs is 4. The number of carbonyl (C=O) groups is 4. The Morgan fingerprint density at radius 3 is 2.52 bits per heavy atom. The SMILES string of the molecule is Cc1sc2c(c1C)[C@H](c1ccc(Cl)cc1)NC(CC(=O)NCCN1CCN(Cc3ccc4c(c3)CN(C3CCC(=O)NC3=O)C4=O)CC1)c1nnc(C)n1-2. The van der Waals surface area contributed by atoms with E-state index in [2.05, 4.69) is 60.4 Å². The van der Waals surface area contributed by atoms with Crippen molar-refractivity contribution in [2.45, 2.75) is 71.2 Å². The predicted octanol–water partition coefficient (Wildman–Crippen LogP) is 3.73. The Morgan fingerprint density at radius 2 is 1.76 bits per heavy atom. The van der Waals surface area contributed by atoms with E-state index < -0.39 is 11.9 Å². The number of aromatic nitrogens is 3. The van der Waals surface area contributed by atoms with Crippen LogP contribution in [0, 0.1) is 20.8 Å². The zero-order valence-corrected chi connectivity index (χ0v) is 32.2. The second-order valence-corrected chi connectivity index (χ2v) is 16.3. The third-order valence-electron chi connectivity index (χ3n) is 11.2. The molecule has 2 aromatic heterocycles. The summed E-state index contributed by atoms with van der Waals surface area (Å²) < 4.78 is 2.11. The molecule has 2 saturated heterocycles. The van der Waals surface area contributed by atoms with E-state index in [4.69, 9.17) is 11.6 Å². The highest BCUT2D eigenvalue weighted by Gasteiger charge is 2.39. The van der Waals surface area contributed by atoms with E-state index >= 15 is 0 Å². The van der Waals surface area contributed by atoms with E-state index in [0.29, 0.717) is 30.1 Å². The molecule has 6 heterocycles. The van der Waals surface area contributed by atoms with Crippen LogP contribution in [0.1, 0.15) is 86.0 Å². The van der Waals surface area contributed by atoms with Gasteiger partial charge in [-0.1, -0.05) is 35.9 Å². The Bertz CT molecular complexity index is 2120. The summed E-state index contributed by atoms with van der Waals surface area (Å²) in [6.07, 6.45) is 0.820. The van der Waals surface area contributed by atoms with Crippen LogP contribution in [0.3, 0.4) is 0 Å². The number of aryl methyl sites for hydroxylation is 2. The number of hydrogen-bond acceptors (Lipinski definition) is 10. The summed E-state index contributed by atoms with van der Waals surface area (Å²) in [5, 5.41) is 20.1. The first kappa shape index (κ1) is 36.5. The van der Waals surface area contributed by atoms with Crippen molar-refractivity contribution in [2.24, 2.45) is 0 Å². The van der Waals surface area contributed by atoms with Crippen LogP contribution in [0.25, 0.3) is 5.00 Å². The lowest BCUT2D eigenvalue weighted by Crippen LogP contribution is -2.52. The molecular weight excluding hydrogens is 726 g/mol. The summed E-state index contributed by atoms with van der Waals surface area (Å²) in [6.45, 7) is 12.3. The molecule has 8 rings (SSSR count). The molecule has 0 radical (unpaired) electrons. The number of carbonyl (C=O) groups excluding carboxylic acids is 4. The van der Waals surface area contributed by atoms with E-state index in [9.17, 15) is 19.2 Å². The van der Waals surface area contributed by atoms with Crippen LogP contribution in [0.4, 0.5) is 0 Å².